The second-order valence-electron chi connectivity index (χ2n) is 16.5. The van der Waals surface area contributed by atoms with E-state index in [0.717, 1.165) is 38.9 Å². The molecule has 0 saturated heterocycles. The maximum Gasteiger partial charge on any atom is 0.235 e. The van der Waals surface area contributed by atoms with Crippen molar-refractivity contribution < 1.29 is 0 Å². The summed E-state index contributed by atoms with van der Waals surface area (Å²) in [5.41, 5.74) is 13.7. The van der Waals surface area contributed by atoms with Gasteiger partial charge in [-0.2, -0.15) is 0 Å². The van der Waals surface area contributed by atoms with Crippen molar-refractivity contribution in [3.63, 3.8) is 0 Å². The lowest BCUT2D eigenvalue weighted by Crippen LogP contribution is -2.15. The lowest BCUT2D eigenvalue weighted by molar-refractivity contribution is 0.660. The topological polar surface area (TPSA) is 35.6 Å². The molecule has 0 bridgehead atoms. The van der Waals surface area contributed by atoms with Gasteiger partial charge in [-0.25, -0.2) is 9.97 Å². The van der Waals surface area contributed by atoms with Gasteiger partial charge in [-0.15, -0.1) is 0 Å². The van der Waals surface area contributed by atoms with Crippen LogP contribution in [0.3, 0.4) is 0 Å². The lowest BCUT2D eigenvalue weighted by atomic mass is 9.82. The molecule has 3 aromatic heterocycles. The summed E-state index contributed by atoms with van der Waals surface area (Å²) in [6, 6.07) is 66.3. The molecule has 0 spiro atoms. The Kier molecular flexibility index (Phi) is 6.48. The molecule has 0 N–H and O–H groups in total. The fraction of sp³-hybridized carbons (Fsp3) is 0.0545. The van der Waals surface area contributed by atoms with E-state index in [-0.39, 0.29) is 5.41 Å². The van der Waals surface area contributed by atoms with Crippen molar-refractivity contribution in [3.8, 4) is 34.0 Å². The molecule has 0 saturated carbocycles. The average Bonchev–Trinajstić information content (AvgIpc) is 3.89. The molecule has 0 aliphatic heterocycles. The number of hydrogen-bond acceptors (Lipinski definition) is 2. The third-order valence-corrected chi connectivity index (χ3v) is 13.1. The van der Waals surface area contributed by atoms with Crippen LogP contribution in [0.25, 0.3) is 110 Å². The molecule has 4 heteroatoms. The minimum Gasteiger partial charge on any atom is -0.309 e. The Morgan fingerprint density at radius 1 is 0.407 bits per heavy atom. The van der Waals surface area contributed by atoms with E-state index in [2.05, 4.69) is 205 Å². The fourth-order valence-electron chi connectivity index (χ4n) is 10.4. The highest BCUT2D eigenvalue weighted by molar-refractivity contribution is 6.25. The molecule has 1 aliphatic carbocycles. The summed E-state index contributed by atoms with van der Waals surface area (Å²) < 4.78 is 4.77. The van der Waals surface area contributed by atoms with Gasteiger partial charge in [-0.05, 0) is 74.8 Å². The van der Waals surface area contributed by atoms with E-state index in [9.17, 15) is 0 Å². The van der Waals surface area contributed by atoms with Crippen LogP contribution in [0.15, 0.2) is 182 Å². The quantitative estimate of drug-likeness (QED) is 0.180. The standard InChI is InChI=1S/C55H36N4/c1-55(2)43-23-11-7-17-36(43)37-29-27-34(31-44(37)55)53-40-20-8-12-24-45(40)56-54(57-53)59-47-26-14-10-22-42(47)52-39-19-6-5-18-38(39)49(32-50(52)59)58-46-25-13-9-21-41(46)51-35-16-4-3-15-33(35)28-30-48(51)58/h3-32H,1-2H3. The molecule has 12 aromatic rings. The molecular weight excluding hydrogens is 717 g/mol. The summed E-state index contributed by atoms with van der Waals surface area (Å²) >= 11 is 0. The molecule has 1 aliphatic rings. The molecule has 276 valence electrons. The molecule has 0 atom stereocenters. The number of nitrogens with zero attached hydrogens (tertiary/aromatic N) is 4. The zero-order chi connectivity index (χ0) is 39.0. The summed E-state index contributed by atoms with van der Waals surface area (Å²) in [5.74, 6) is 0.655. The first kappa shape index (κ1) is 32.5. The molecule has 9 aromatic carbocycles. The zero-order valence-corrected chi connectivity index (χ0v) is 32.6. The summed E-state index contributed by atoms with van der Waals surface area (Å²) in [5, 5.41) is 10.8. The predicted octanol–water partition coefficient (Wildman–Crippen LogP) is 14.1. The van der Waals surface area contributed by atoms with E-state index in [4.69, 9.17) is 9.97 Å². The van der Waals surface area contributed by atoms with Gasteiger partial charge < -0.3 is 4.57 Å². The first-order valence-electron chi connectivity index (χ1n) is 20.4. The highest BCUT2D eigenvalue weighted by Crippen LogP contribution is 2.50. The van der Waals surface area contributed by atoms with Gasteiger partial charge in [0, 0.05) is 43.3 Å². The van der Waals surface area contributed by atoms with Gasteiger partial charge >= 0.3 is 0 Å². The normalized spacial score (nSPS) is 13.4. The molecule has 59 heavy (non-hydrogen) atoms. The molecule has 0 amide bonds. The molecule has 4 nitrogen and oxygen atoms in total. The largest absolute Gasteiger partial charge is 0.309 e. The molecule has 3 heterocycles. The van der Waals surface area contributed by atoms with E-state index in [1.807, 2.05) is 0 Å². The number of aromatic nitrogens is 4. The van der Waals surface area contributed by atoms with Crippen LogP contribution in [0.5, 0.6) is 0 Å². The smallest absolute Gasteiger partial charge is 0.235 e. The van der Waals surface area contributed by atoms with Gasteiger partial charge in [0.05, 0.1) is 39.0 Å². The third kappa shape index (κ3) is 4.38. The fourth-order valence-corrected chi connectivity index (χ4v) is 10.4. The maximum absolute atomic E-state index is 5.59. The van der Waals surface area contributed by atoms with Crippen molar-refractivity contribution in [1.29, 1.82) is 0 Å². The van der Waals surface area contributed by atoms with Crippen molar-refractivity contribution in [2.24, 2.45) is 0 Å². The van der Waals surface area contributed by atoms with E-state index >= 15 is 0 Å². The molecule has 0 unspecified atom stereocenters. The molecule has 13 rings (SSSR count). The van der Waals surface area contributed by atoms with Crippen LogP contribution in [-0.4, -0.2) is 19.1 Å². The van der Waals surface area contributed by atoms with Crippen molar-refractivity contribution >= 4 is 76.1 Å². The molecular formula is C55H36N4. The van der Waals surface area contributed by atoms with E-state index < -0.39 is 0 Å². The highest BCUT2D eigenvalue weighted by atomic mass is 15.2. The Morgan fingerprint density at radius 3 is 1.83 bits per heavy atom. The monoisotopic (exact) mass is 752 g/mol. The average molecular weight is 753 g/mol. The highest BCUT2D eigenvalue weighted by Gasteiger charge is 2.35. The van der Waals surface area contributed by atoms with Crippen LogP contribution >= 0.6 is 0 Å². The Bertz CT molecular complexity index is 3770. The lowest BCUT2D eigenvalue weighted by Gasteiger charge is -2.22. The van der Waals surface area contributed by atoms with Crippen LogP contribution in [0.4, 0.5) is 0 Å². The summed E-state index contributed by atoms with van der Waals surface area (Å²) in [6.45, 7) is 4.68. The van der Waals surface area contributed by atoms with Gasteiger partial charge in [-0.3, -0.25) is 4.57 Å². The summed E-state index contributed by atoms with van der Waals surface area (Å²) in [4.78, 5) is 11.0. The first-order chi connectivity index (χ1) is 29.0. The van der Waals surface area contributed by atoms with Crippen molar-refractivity contribution in [1.82, 2.24) is 19.1 Å². The van der Waals surface area contributed by atoms with Crippen LogP contribution in [0.1, 0.15) is 25.0 Å². The Balaban J connectivity index is 1.13. The zero-order valence-electron chi connectivity index (χ0n) is 32.6. The minimum absolute atomic E-state index is 0.128. The number of fused-ring (bicyclic) bond motifs is 14. The Hall–Kier alpha value is -7.56. The summed E-state index contributed by atoms with van der Waals surface area (Å²) in [7, 11) is 0. The molecule has 0 radical (unpaired) electrons. The number of para-hydroxylation sites is 3. The predicted molar refractivity (Wildman–Crippen MR) is 246 cm³/mol. The first-order valence-corrected chi connectivity index (χ1v) is 20.4. The van der Waals surface area contributed by atoms with Gasteiger partial charge in [0.15, 0.2) is 0 Å². The van der Waals surface area contributed by atoms with Crippen LogP contribution in [0.2, 0.25) is 0 Å². The Labute approximate surface area is 340 Å². The van der Waals surface area contributed by atoms with Gasteiger partial charge in [0.2, 0.25) is 5.95 Å². The van der Waals surface area contributed by atoms with E-state index in [1.165, 1.54) is 76.4 Å². The molecule has 0 fully saturated rings. The Morgan fingerprint density at radius 2 is 1.02 bits per heavy atom. The number of benzene rings is 9. The minimum atomic E-state index is -0.128. The van der Waals surface area contributed by atoms with Crippen LogP contribution in [0, 0.1) is 0 Å². The van der Waals surface area contributed by atoms with Gasteiger partial charge in [0.1, 0.15) is 0 Å². The van der Waals surface area contributed by atoms with Gasteiger partial charge in [-0.1, -0.05) is 159 Å². The van der Waals surface area contributed by atoms with Gasteiger partial charge in [0.25, 0.3) is 0 Å². The summed E-state index contributed by atoms with van der Waals surface area (Å²) in [6.07, 6.45) is 0. The second kappa shape index (κ2) is 11.7. The number of hydrogen-bond donors (Lipinski definition) is 0. The van der Waals surface area contributed by atoms with Crippen LogP contribution in [-0.2, 0) is 5.41 Å². The van der Waals surface area contributed by atoms with E-state index in [1.54, 1.807) is 0 Å². The van der Waals surface area contributed by atoms with Crippen molar-refractivity contribution in [2.45, 2.75) is 19.3 Å². The van der Waals surface area contributed by atoms with Crippen LogP contribution < -0.4 is 0 Å². The van der Waals surface area contributed by atoms with Crippen molar-refractivity contribution in [3.05, 3.63) is 193 Å². The third-order valence-electron chi connectivity index (χ3n) is 13.1. The SMILES string of the molecule is CC1(C)c2ccccc2-c2ccc(-c3nc(-n4c5ccccc5c5c6ccccc6c(-n6c7ccccc7c7c8ccccc8ccc76)cc54)nc4ccccc34)cc21. The van der Waals surface area contributed by atoms with E-state index in [0.29, 0.717) is 5.95 Å². The second-order valence-corrected chi connectivity index (χ2v) is 16.5. The maximum atomic E-state index is 5.59. The number of rotatable bonds is 3. The van der Waals surface area contributed by atoms with Crippen molar-refractivity contribution in [2.75, 3.05) is 0 Å².